The average Bonchev–Trinajstić information content (AvgIpc) is 2.70. The molecule has 27 heavy (non-hydrogen) atoms. The Balaban J connectivity index is 1.49. The minimum absolute atomic E-state index is 0.0234. The van der Waals surface area contributed by atoms with Crippen LogP contribution in [0.1, 0.15) is 27.0 Å². The number of rotatable bonds is 7. The second-order valence-electron chi connectivity index (χ2n) is 6.10. The van der Waals surface area contributed by atoms with E-state index in [0.717, 1.165) is 16.7 Å². The zero-order chi connectivity index (χ0) is 19.1. The number of ether oxygens (including phenoxy) is 1. The number of carbonyl (C=O) groups excluding carboxylic acids is 1. The summed E-state index contributed by atoms with van der Waals surface area (Å²) in [6.45, 7) is 1.41. The Hall–Kier alpha value is -2.50. The Kier molecular flexibility index (Phi) is 6.74. The Morgan fingerprint density at radius 1 is 0.889 bits per heavy atom. The van der Waals surface area contributed by atoms with Gasteiger partial charge in [-0.25, -0.2) is 4.39 Å². The summed E-state index contributed by atoms with van der Waals surface area (Å²) in [5, 5.41) is 2.74. The molecule has 1 N–H and O–H groups in total. The molecule has 0 unspecified atom stereocenters. The van der Waals surface area contributed by atoms with Crippen LogP contribution in [0.15, 0.2) is 77.3 Å². The summed E-state index contributed by atoms with van der Waals surface area (Å²) in [5.74, 6) is -0.981. The van der Waals surface area contributed by atoms with Gasteiger partial charge in [-0.1, -0.05) is 70.5 Å². The summed E-state index contributed by atoms with van der Waals surface area (Å²) in [4.78, 5) is 12.1. The fourth-order valence-corrected chi connectivity index (χ4v) is 2.92. The first-order valence-corrected chi connectivity index (χ1v) is 9.34. The Morgan fingerprint density at radius 3 is 2.22 bits per heavy atom. The lowest BCUT2D eigenvalue weighted by molar-refractivity contribution is 0.0946. The maximum atomic E-state index is 13.7. The molecule has 3 nitrogen and oxygen atoms in total. The molecule has 5 heteroatoms. The molecule has 0 aliphatic heterocycles. The molecular formula is C22H19BrFNO2. The van der Waals surface area contributed by atoms with E-state index < -0.39 is 11.7 Å². The summed E-state index contributed by atoms with van der Waals surface area (Å²) in [5.41, 5.74) is 3.15. The van der Waals surface area contributed by atoms with Gasteiger partial charge < -0.3 is 10.1 Å². The van der Waals surface area contributed by atoms with E-state index in [0.29, 0.717) is 24.2 Å². The topological polar surface area (TPSA) is 38.3 Å². The first kappa shape index (κ1) is 19.3. The summed E-state index contributed by atoms with van der Waals surface area (Å²) in [6.07, 6.45) is 0. The molecule has 0 aliphatic rings. The van der Waals surface area contributed by atoms with Crippen molar-refractivity contribution in [3.63, 3.8) is 0 Å². The maximum Gasteiger partial charge on any atom is 0.254 e. The van der Waals surface area contributed by atoms with Gasteiger partial charge in [-0.2, -0.15) is 0 Å². The Bertz CT molecular complexity index is 898. The molecule has 3 aromatic carbocycles. The number of hydrogen-bond donors (Lipinski definition) is 1. The molecule has 0 bridgehead atoms. The minimum atomic E-state index is -0.540. The smallest absolute Gasteiger partial charge is 0.254 e. The van der Waals surface area contributed by atoms with Gasteiger partial charge in [0.15, 0.2) is 0 Å². The largest absolute Gasteiger partial charge is 0.372 e. The van der Waals surface area contributed by atoms with Crippen LogP contribution in [0.3, 0.4) is 0 Å². The third kappa shape index (κ3) is 5.74. The van der Waals surface area contributed by atoms with Crippen LogP contribution >= 0.6 is 15.9 Å². The van der Waals surface area contributed by atoms with E-state index in [-0.39, 0.29) is 5.56 Å². The van der Waals surface area contributed by atoms with Crippen molar-refractivity contribution in [3.05, 3.63) is 105 Å². The van der Waals surface area contributed by atoms with Crippen LogP contribution in [-0.4, -0.2) is 5.91 Å². The second-order valence-corrected chi connectivity index (χ2v) is 7.02. The molecular weight excluding hydrogens is 409 g/mol. The molecule has 0 aliphatic carbocycles. The average molecular weight is 428 g/mol. The van der Waals surface area contributed by atoms with Crippen LogP contribution in [0.2, 0.25) is 0 Å². The first-order chi connectivity index (χ1) is 13.1. The molecule has 0 fully saturated rings. The lowest BCUT2D eigenvalue weighted by Crippen LogP contribution is -2.23. The molecule has 0 saturated carbocycles. The summed E-state index contributed by atoms with van der Waals surface area (Å²) >= 11 is 3.25. The monoisotopic (exact) mass is 427 g/mol. The summed E-state index contributed by atoms with van der Waals surface area (Å²) in [6, 6.07) is 22.1. The van der Waals surface area contributed by atoms with Gasteiger partial charge in [0.05, 0.1) is 18.8 Å². The fourth-order valence-electron chi connectivity index (χ4n) is 2.56. The number of benzene rings is 3. The maximum absolute atomic E-state index is 13.7. The molecule has 138 valence electrons. The molecule has 0 radical (unpaired) electrons. The standard InChI is InChI=1S/C22H19BrFNO2/c23-19-10-11-21(24)20(12-19)22(26)25-13-16-6-8-18(9-7-16)15-27-14-17-4-2-1-3-5-17/h1-12H,13-15H2,(H,25,26). The van der Waals surface area contributed by atoms with Crippen LogP contribution in [0.25, 0.3) is 0 Å². The van der Waals surface area contributed by atoms with Gasteiger partial charge in [-0.15, -0.1) is 0 Å². The van der Waals surface area contributed by atoms with E-state index in [2.05, 4.69) is 21.2 Å². The zero-order valence-electron chi connectivity index (χ0n) is 14.6. The van der Waals surface area contributed by atoms with Crippen LogP contribution in [-0.2, 0) is 24.5 Å². The highest BCUT2D eigenvalue weighted by atomic mass is 79.9. The molecule has 3 aromatic rings. The SMILES string of the molecule is O=C(NCc1ccc(COCc2ccccc2)cc1)c1cc(Br)ccc1F. The van der Waals surface area contributed by atoms with Crippen molar-refractivity contribution in [1.29, 1.82) is 0 Å². The predicted molar refractivity (Wildman–Crippen MR) is 107 cm³/mol. The highest BCUT2D eigenvalue weighted by Crippen LogP contribution is 2.16. The van der Waals surface area contributed by atoms with E-state index >= 15 is 0 Å². The molecule has 1 amide bonds. The number of hydrogen-bond acceptors (Lipinski definition) is 2. The van der Waals surface area contributed by atoms with Crippen molar-refractivity contribution >= 4 is 21.8 Å². The number of halogens is 2. The van der Waals surface area contributed by atoms with Gasteiger partial charge in [0.1, 0.15) is 5.82 Å². The zero-order valence-corrected chi connectivity index (χ0v) is 16.2. The van der Waals surface area contributed by atoms with Crippen LogP contribution in [0.5, 0.6) is 0 Å². The van der Waals surface area contributed by atoms with Crippen molar-refractivity contribution in [2.75, 3.05) is 0 Å². The molecule has 0 saturated heterocycles. The number of nitrogens with one attached hydrogen (secondary N) is 1. The molecule has 3 rings (SSSR count). The fraction of sp³-hybridized carbons (Fsp3) is 0.136. The minimum Gasteiger partial charge on any atom is -0.372 e. The highest BCUT2D eigenvalue weighted by Gasteiger charge is 2.11. The predicted octanol–water partition coefficient (Wildman–Crippen LogP) is 5.24. The van der Waals surface area contributed by atoms with Crippen LogP contribution < -0.4 is 5.32 Å². The molecule has 0 spiro atoms. The van der Waals surface area contributed by atoms with E-state index in [9.17, 15) is 9.18 Å². The van der Waals surface area contributed by atoms with Crippen LogP contribution in [0, 0.1) is 5.82 Å². The van der Waals surface area contributed by atoms with Crippen molar-refractivity contribution in [2.24, 2.45) is 0 Å². The van der Waals surface area contributed by atoms with Gasteiger partial charge in [-0.3, -0.25) is 4.79 Å². The third-order valence-electron chi connectivity index (χ3n) is 4.03. The second kappa shape index (κ2) is 9.44. The van der Waals surface area contributed by atoms with Crippen molar-refractivity contribution < 1.29 is 13.9 Å². The van der Waals surface area contributed by atoms with Crippen LogP contribution in [0.4, 0.5) is 4.39 Å². The number of amides is 1. The quantitative estimate of drug-likeness (QED) is 0.560. The van der Waals surface area contributed by atoms with E-state index in [4.69, 9.17) is 4.74 Å². The van der Waals surface area contributed by atoms with Crippen molar-refractivity contribution in [3.8, 4) is 0 Å². The van der Waals surface area contributed by atoms with Crippen molar-refractivity contribution in [1.82, 2.24) is 5.32 Å². The van der Waals surface area contributed by atoms with E-state index in [1.54, 1.807) is 6.07 Å². The van der Waals surface area contributed by atoms with E-state index in [1.807, 2.05) is 54.6 Å². The summed E-state index contributed by atoms with van der Waals surface area (Å²) < 4.78 is 20.1. The molecule has 0 atom stereocenters. The summed E-state index contributed by atoms with van der Waals surface area (Å²) in [7, 11) is 0. The Labute approximate surface area is 166 Å². The lowest BCUT2D eigenvalue weighted by Gasteiger charge is -2.08. The third-order valence-corrected chi connectivity index (χ3v) is 4.52. The van der Waals surface area contributed by atoms with Gasteiger partial charge in [-0.05, 0) is 34.9 Å². The first-order valence-electron chi connectivity index (χ1n) is 8.54. The molecule has 0 aromatic heterocycles. The lowest BCUT2D eigenvalue weighted by atomic mass is 10.1. The normalized spacial score (nSPS) is 10.6. The molecule has 0 heterocycles. The van der Waals surface area contributed by atoms with Gasteiger partial charge >= 0.3 is 0 Å². The van der Waals surface area contributed by atoms with Crippen molar-refractivity contribution in [2.45, 2.75) is 19.8 Å². The van der Waals surface area contributed by atoms with E-state index in [1.165, 1.54) is 12.1 Å². The van der Waals surface area contributed by atoms with Gasteiger partial charge in [0.2, 0.25) is 0 Å². The Morgan fingerprint density at radius 2 is 1.52 bits per heavy atom. The number of carbonyl (C=O) groups is 1. The van der Waals surface area contributed by atoms with Gasteiger partial charge in [0.25, 0.3) is 5.91 Å². The van der Waals surface area contributed by atoms with Gasteiger partial charge in [0, 0.05) is 11.0 Å². The highest BCUT2D eigenvalue weighted by molar-refractivity contribution is 9.10.